The van der Waals surface area contributed by atoms with Gasteiger partial charge in [-0.1, -0.05) is 61.9 Å². The highest BCUT2D eigenvalue weighted by Crippen LogP contribution is 2.60. The topological polar surface area (TPSA) is 26.3 Å². The molecule has 10 heteroatoms. The predicted octanol–water partition coefficient (Wildman–Crippen LogP) is 6.83. The lowest BCUT2D eigenvalue weighted by atomic mass is 10.0. The molecule has 1 fully saturated rings. The Morgan fingerprint density at radius 2 is 1.52 bits per heavy atom. The predicted molar refractivity (Wildman–Crippen MR) is 106 cm³/mol. The van der Waals surface area contributed by atoms with E-state index in [4.69, 9.17) is 16.3 Å². The highest BCUT2D eigenvalue weighted by Gasteiger charge is 2.62. The van der Waals surface area contributed by atoms with E-state index < -0.39 is 81.9 Å². The van der Waals surface area contributed by atoms with Gasteiger partial charge in [-0.05, 0) is 16.9 Å². The Labute approximate surface area is 190 Å². The second-order valence-electron chi connectivity index (χ2n) is 8.32. The summed E-state index contributed by atoms with van der Waals surface area (Å²) in [6.07, 6.45) is -4.53. The third-order valence-electron chi connectivity index (χ3n) is 5.79. The summed E-state index contributed by atoms with van der Waals surface area (Å²) in [5.74, 6) is -9.73. The number of hydrogen-bond donors (Lipinski definition) is 0. The molecular formula is C23H18ClF7O2. The largest absolute Gasteiger partial charge is 0.460 e. The summed E-state index contributed by atoms with van der Waals surface area (Å²) in [6, 6.07) is 7.90. The van der Waals surface area contributed by atoms with Gasteiger partial charge in [0, 0.05) is 12.0 Å². The van der Waals surface area contributed by atoms with Crippen LogP contribution in [0, 0.1) is 40.5 Å². The van der Waals surface area contributed by atoms with E-state index in [2.05, 4.69) is 0 Å². The van der Waals surface area contributed by atoms with Gasteiger partial charge in [0.05, 0.1) is 11.5 Å². The quantitative estimate of drug-likeness (QED) is 0.250. The number of halogens is 8. The monoisotopic (exact) mass is 494 g/mol. The van der Waals surface area contributed by atoms with E-state index in [-0.39, 0.29) is 0 Å². The first-order chi connectivity index (χ1) is 15.3. The lowest BCUT2D eigenvalue weighted by molar-refractivity contribution is -0.147. The fraction of sp³-hybridized carbons (Fsp3) is 0.348. The number of allylic oxidation sites excluding steroid dienone is 2. The molecule has 3 rings (SSSR count). The molecule has 2 atom stereocenters. The standard InChI is InChI=1S/C23H18ClF7O2/c1-22(2)14(9-15(24)23(29,30)31)16(22)21(32)33-10-13-19(27)17(25)12(18(26)20(13)28)8-11-6-4-3-5-7-11/h3-7,9,14,16H,8,10H2,1-2H3. The molecule has 2 unspecified atom stereocenters. The second kappa shape index (κ2) is 9.00. The van der Waals surface area contributed by atoms with Crippen LogP contribution in [-0.4, -0.2) is 12.1 Å². The Morgan fingerprint density at radius 1 is 1.00 bits per heavy atom. The van der Waals surface area contributed by atoms with Crippen molar-refractivity contribution in [3.8, 4) is 0 Å². The van der Waals surface area contributed by atoms with Gasteiger partial charge in [-0.15, -0.1) is 0 Å². The summed E-state index contributed by atoms with van der Waals surface area (Å²) in [6.45, 7) is 1.84. The van der Waals surface area contributed by atoms with Crippen molar-refractivity contribution >= 4 is 17.6 Å². The number of carbonyl (C=O) groups excluding carboxylic acids is 1. The molecule has 2 aromatic rings. The first kappa shape index (κ1) is 25.1. The highest BCUT2D eigenvalue weighted by molar-refractivity contribution is 6.30. The van der Waals surface area contributed by atoms with Gasteiger partial charge in [-0.3, -0.25) is 4.79 Å². The van der Waals surface area contributed by atoms with Gasteiger partial charge in [0.15, 0.2) is 23.3 Å². The number of ether oxygens (including phenoxy) is 1. The molecule has 0 N–H and O–H groups in total. The molecule has 178 valence electrons. The van der Waals surface area contributed by atoms with E-state index in [1.165, 1.54) is 26.0 Å². The molecule has 33 heavy (non-hydrogen) atoms. The first-order valence-electron chi connectivity index (χ1n) is 9.75. The maximum atomic E-state index is 14.5. The zero-order valence-electron chi connectivity index (χ0n) is 17.4. The lowest BCUT2D eigenvalue weighted by Gasteiger charge is -2.13. The molecule has 0 radical (unpaired) electrons. The van der Waals surface area contributed by atoms with Crippen molar-refractivity contribution in [3.63, 3.8) is 0 Å². The van der Waals surface area contributed by atoms with Crippen LogP contribution in [0.25, 0.3) is 0 Å². The molecular weight excluding hydrogens is 477 g/mol. The SMILES string of the molecule is CC1(C)C(C=C(Cl)C(F)(F)F)C1C(=O)OCc1c(F)c(F)c(Cc2ccccc2)c(F)c1F. The van der Waals surface area contributed by atoms with Gasteiger partial charge in [-0.2, -0.15) is 13.2 Å². The van der Waals surface area contributed by atoms with Crippen molar-refractivity contribution in [1.82, 2.24) is 0 Å². The van der Waals surface area contributed by atoms with Crippen molar-refractivity contribution < 1.29 is 40.3 Å². The van der Waals surface area contributed by atoms with Crippen LogP contribution < -0.4 is 0 Å². The van der Waals surface area contributed by atoms with Crippen LogP contribution in [0.3, 0.4) is 0 Å². The van der Waals surface area contributed by atoms with Crippen molar-refractivity contribution in [2.45, 2.75) is 33.1 Å². The van der Waals surface area contributed by atoms with Gasteiger partial charge in [-0.25, -0.2) is 17.6 Å². The smallest absolute Gasteiger partial charge is 0.426 e. The van der Waals surface area contributed by atoms with Crippen LogP contribution in [0.5, 0.6) is 0 Å². The summed E-state index contributed by atoms with van der Waals surface area (Å²) >= 11 is 5.21. The number of esters is 1. The van der Waals surface area contributed by atoms with E-state index in [1.54, 1.807) is 18.2 Å². The fourth-order valence-corrected chi connectivity index (χ4v) is 3.86. The average molecular weight is 495 g/mol. The van der Waals surface area contributed by atoms with E-state index in [0.29, 0.717) is 11.6 Å². The van der Waals surface area contributed by atoms with Gasteiger partial charge in [0.1, 0.15) is 11.6 Å². The Kier molecular flexibility index (Phi) is 6.84. The molecule has 1 aliphatic rings. The molecule has 0 aliphatic heterocycles. The van der Waals surface area contributed by atoms with Crippen LogP contribution in [0.4, 0.5) is 30.7 Å². The Morgan fingerprint density at radius 3 is 2.03 bits per heavy atom. The number of benzene rings is 2. The molecule has 1 saturated carbocycles. The van der Waals surface area contributed by atoms with Crippen molar-refractivity contribution in [3.05, 3.63) is 81.4 Å². The molecule has 0 spiro atoms. The number of alkyl halides is 3. The normalized spacial score (nSPS) is 20.0. The third kappa shape index (κ3) is 5.03. The van der Waals surface area contributed by atoms with Crippen molar-refractivity contribution in [1.29, 1.82) is 0 Å². The number of rotatable bonds is 6. The third-order valence-corrected chi connectivity index (χ3v) is 6.13. The Balaban J connectivity index is 1.77. The number of carbonyl (C=O) groups is 1. The second-order valence-corrected chi connectivity index (χ2v) is 8.73. The van der Waals surface area contributed by atoms with Crippen LogP contribution in [0.1, 0.15) is 30.5 Å². The summed E-state index contributed by atoms with van der Waals surface area (Å²) in [7, 11) is 0. The lowest BCUT2D eigenvalue weighted by Crippen LogP contribution is -2.15. The Bertz CT molecular complexity index is 1070. The molecule has 0 bridgehead atoms. The van der Waals surface area contributed by atoms with Gasteiger partial charge in [0.2, 0.25) is 0 Å². The van der Waals surface area contributed by atoms with Crippen LogP contribution in [0.2, 0.25) is 0 Å². The molecule has 0 saturated heterocycles. The summed E-state index contributed by atoms with van der Waals surface area (Å²) < 4.78 is 101. The maximum absolute atomic E-state index is 14.5. The van der Waals surface area contributed by atoms with Crippen LogP contribution in [0.15, 0.2) is 41.4 Å². The summed E-state index contributed by atoms with van der Waals surface area (Å²) in [5.41, 5.74) is -2.49. The molecule has 2 aromatic carbocycles. The zero-order valence-corrected chi connectivity index (χ0v) is 18.1. The minimum absolute atomic E-state index is 0.406. The van der Waals surface area contributed by atoms with Crippen molar-refractivity contribution in [2.24, 2.45) is 17.3 Å². The van der Waals surface area contributed by atoms with E-state index in [1.807, 2.05) is 0 Å². The van der Waals surface area contributed by atoms with E-state index >= 15 is 0 Å². The minimum atomic E-state index is -4.79. The molecule has 2 nitrogen and oxygen atoms in total. The van der Waals surface area contributed by atoms with Crippen LogP contribution in [-0.2, 0) is 22.6 Å². The van der Waals surface area contributed by atoms with Gasteiger partial charge in [0.25, 0.3) is 0 Å². The van der Waals surface area contributed by atoms with E-state index in [9.17, 15) is 35.5 Å². The maximum Gasteiger partial charge on any atom is 0.426 e. The zero-order chi connectivity index (χ0) is 24.7. The fourth-order valence-electron chi connectivity index (χ4n) is 3.73. The molecule has 1 aliphatic carbocycles. The van der Waals surface area contributed by atoms with Crippen LogP contribution >= 0.6 is 11.6 Å². The Hall–Kier alpha value is -2.55. The average Bonchev–Trinajstić information content (AvgIpc) is 3.29. The van der Waals surface area contributed by atoms with Crippen molar-refractivity contribution in [2.75, 3.05) is 0 Å². The van der Waals surface area contributed by atoms with Gasteiger partial charge >= 0.3 is 12.1 Å². The highest BCUT2D eigenvalue weighted by atomic mass is 35.5. The summed E-state index contributed by atoms with van der Waals surface area (Å²) in [5, 5.41) is -1.41. The number of hydrogen-bond acceptors (Lipinski definition) is 2. The first-order valence-corrected chi connectivity index (χ1v) is 10.1. The molecule has 0 aromatic heterocycles. The van der Waals surface area contributed by atoms with E-state index in [0.717, 1.165) is 0 Å². The summed E-state index contributed by atoms with van der Waals surface area (Å²) in [4.78, 5) is 12.3. The van der Waals surface area contributed by atoms with Gasteiger partial charge < -0.3 is 4.74 Å². The molecule has 0 heterocycles. The minimum Gasteiger partial charge on any atom is -0.460 e. The molecule has 0 amide bonds.